The summed E-state index contributed by atoms with van der Waals surface area (Å²) in [4.78, 5) is 11.1. The maximum atomic E-state index is 11.1. The number of phenolic OH excluding ortho intramolecular Hbond substituents is 1. The van der Waals surface area contributed by atoms with Crippen molar-refractivity contribution in [2.24, 2.45) is 5.73 Å². The van der Waals surface area contributed by atoms with Crippen LogP contribution in [-0.2, 0) is 11.2 Å². The molecule has 4 N–H and O–H groups in total. The highest BCUT2D eigenvalue weighted by Crippen LogP contribution is 2.42. The van der Waals surface area contributed by atoms with E-state index in [1.807, 2.05) is 0 Å². The largest absolute Gasteiger partial charge is 0.506 e. The number of hydrogen-bond donors (Lipinski definition) is 3. The van der Waals surface area contributed by atoms with Crippen molar-refractivity contribution >= 4 is 27.5 Å². The van der Waals surface area contributed by atoms with E-state index in [2.05, 4.69) is 21.2 Å². The molecule has 1 aliphatic carbocycles. The van der Waals surface area contributed by atoms with Gasteiger partial charge in [0.1, 0.15) is 5.75 Å². The Morgan fingerprint density at radius 3 is 2.76 bits per heavy atom. The van der Waals surface area contributed by atoms with Gasteiger partial charge in [0.25, 0.3) is 0 Å². The van der Waals surface area contributed by atoms with Gasteiger partial charge >= 0.3 is 0 Å². The Hall–Kier alpha value is -1.07. The highest BCUT2D eigenvalue weighted by atomic mass is 79.9. The molecule has 0 heterocycles. The first-order valence-electron chi connectivity index (χ1n) is 5.48. The van der Waals surface area contributed by atoms with Gasteiger partial charge in [-0.25, -0.2) is 0 Å². The smallest absolute Gasteiger partial charge is 0.221 e. The van der Waals surface area contributed by atoms with Crippen LogP contribution < -0.4 is 11.1 Å². The van der Waals surface area contributed by atoms with Gasteiger partial charge in [0, 0.05) is 16.9 Å². The molecule has 1 aromatic rings. The van der Waals surface area contributed by atoms with Gasteiger partial charge in [0.2, 0.25) is 5.91 Å². The van der Waals surface area contributed by atoms with Gasteiger partial charge < -0.3 is 16.2 Å². The molecule has 1 saturated carbocycles. The number of hydrogen-bond acceptors (Lipinski definition) is 3. The molecule has 1 fully saturated rings. The Labute approximate surface area is 108 Å². The molecule has 1 aromatic carbocycles. The fourth-order valence-electron chi connectivity index (χ4n) is 1.79. The lowest BCUT2D eigenvalue weighted by Crippen LogP contribution is -2.25. The molecule has 1 amide bonds. The highest BCUT2D eigenvalue weighted by Gasteiger charge is 2.39. The second kappa shape index (κ2) is 4.31. The van der Waals surface area contributed by atoms with Crippen LogP contribution in [0.25, 0.3) is 0 Å². The quantitative estimate of drug-likeness (QED) is 0.749. The van der Waals surface area contributed by atoms with Gasteiger partial charge in [0.05, 0.1) is 5.69 Å². The summed E-state index contributed by atoms with van der Waals surface area (Å²) in [6.45, 7) is 1.42. The first-order valence-corrected chi connectivity index (χ1v) is 6.27. The van der Waals surface area contributed by atoms with E-state index < -0.39 is 0 Å². The van der Waals surface area contributed by atoms with Crippen molar-refractivity contribution in [1.29, 1.82) is 0 Å². The lowest BCUT2D eigenvalue weighted by Gasteiger charge is -2.16. The van der Waals surface area contributed by atoms with Crippen molar-refractivity contribution in [1.82, 2.24) is 0 Å². The van der Waals surface area contributed by atoms with Crippen LogP contribution in [0.2, 0.25) is 0 Å². The molecule has 0 saturated heterocycles. The number of nitrogens with one attached hydrogen (secondary N) is 1. The van der Waals surface area contributed by atoms with E-state index in [-0.39, 0.29) is 17.2 Å². The molecule has 0 aliphatic heterocycles. The van der Waals surface area contributed by atoms with Crippen molar-refractivity contribution in [2.45, 2.75) is 31.7 Å². The summed E-state index contributed by atoms with van der Waals surface area (Å²) in [5.74, 6) is -0.135. The summed E-state index contributed by atoms with van der Waals surface area (Å²) in [6.07, 6.45) is 2.61. The molecule has 2 rings (SSSR count). The van der Waals surface area contributed by atoms with E-state index in [1.54, 1.807) is 12.1 Å². The topological polar surface area (TPSA) is 75.3 Å². The van der Waals surface area contributed by atoms with E-state index in [4.69, 9.17) is 5.73 Å². The second-order valence-corrected chi connectivity index (χ2v) is 5.49. The maximum absolute atomic E-state index is 11.1. The number of benzene rings is 1. The molecule has 92 valence electrons. The SMILES string of the molecule is CC(=O)Nc1c(O)ccc(Br)c1CC1(N)CC1. The molecular formula is C12H15BrN2O2. The van der Waals surface area contributed by atoms with Gasteiger partial charge in [-0.2, -0.15) is 0 Å². The van der Waals surface area contributed by atoms with Crippen LogP contribution in [0.5, 0.6) is 5.75 Å². The summed E-state index contributed by atoms with van der Waals surface area (Å²) in [6, 6.07) is 3.32. The molecule has 0 aromatic heterocycles. The normalized spacial score (nSPS) is 16.6. The minimum absolute atomic E-state index is 0.0719. The molecule has 0 unspecified atom stereocenters. The first kappa shape index (κ1) is 12.4. The van der Waals surface area contributed by atoms with Crippen LogP contribution in [-0.4, -0.2) is 16.6 Å². The Balaban J connectivity index is 2.38. The summed E-state index contributed by atoms with van der Waals surface area (Å²) in [5, 5.41) is 12.5. The monoisotopic (exact) mass is 298 g/mol. The van der Waals surface area contributed by atoms with Crippen molar-refractivity contribution in [3.05, 3.63) is 22.2 Å². The third kappa shape index (κ3) is 2.79. The molecule has 4 nitrogen and oxygen atoms in total. The predicted molar refractivity (Wildman–Crippen MR) is 70.0 cm³/mol. The number of nitrogens with two attached hydrogens (primary N) is 1. The van der Waals surface area contributed by atoms with Crippen molar-refractivity contribution in [2.75, 3.05) is 5.32 Å². The highest BCUT2D eigenvalue weighted by molar-refractivity contribution is 9.10. The number of rotatable bonds is 3. The number of phenols is 1. The number of aromatic hydroxyl groups is 1. The van der Waals surface area contributed by atoms with Crippen LogP contribution in [0.15, 0.2) is 16.6 Å². The molecule has 0 atom stereocenters. The summed E-state index contributed by atoms with van der Waals surface area (Å²) in [5.41, 5.74) is 7.23. The molecule has 0 bridgehead atoms. The fraction of sp³-hybridized carbons (Fsp3) is 0.417. The first-order chi connectivity index (χ1) is 7.91. The summed E-state index contributed by atoms with van der Waals surface area (Å²) in [7, 11) is 0. The lowest BCUT2D eigenvalue weighted by atomic mass is 10.0. The van der Waals surface area contributed by atoms with Gasteiger partial charge in [-0.3, -0.25) is 4.79 Å². The number of amides is 1. The molecule has 5 heteroatoms. The molecule has 1 aliphatic rings. The van der Waals surface area contributed by atoms with E-state index in [1.165, 1.54) is 6.92 Å². The number of carbonyl (C=O) groups is 1. The zero-order valence-electron chi connectivity index (χ0n) is 9.59. The Morgan fingerprint density at radius 2 is 2.24 bits per heavy atom. The minimum atomic E-state index is -0.207. The van der Waals surface area contributed by atoms with Crippen LogP contribution in [0, 0.1) is 0 Å². The Kier molecular flexibility index (Phi) is 3.14. The second-order valence-electron chi connectivity index (χ2n) is 4.64. The zero-order valence-corrected chi connectivity index (χ0v) is 11.2. The fourth-order valence-corrected chi connectivity index (χ4v) is 2.26. The average molecular weight is 299 g/mol. The van der Waals surface area contributed by atoms with Crippen LogP contribution in [0.3, 0.4) is 0 Å². The van der Waals surface area contributed by atoms with Gasteiger partial charge in [-0.1, -0.05) is 15.9 Å². The van der Waals surface area contributed by atoms with E-state index in [0.29, 0.717) is 12.1 Å². The molecule has 17 heavy (non-hydrogen) atoms. The number of carbonyl (C=O) groups excluding carboxylic acids is 1. The Morgan fingerprint density at radius 1 is 1.59 bits per heavy atom. The number of anilines is 1. The number of halogens is 1. The molecule has 0 spiro atoms. The minimum Gasteiger partial charge on any atom is -0.506 e. The standard InChI is InChI=1S/C12H15BrN2O2/c1-7(16)15-11-8(6-12(14)4-5-12)9(13)2-3-10(11)17/h2-3,17H,4-6,14H2,1H3,(H,15,16). The summed E-state index contributed by atoms with van der Waals surface area (Å²) < 4.78 is 0.857. The van der Waals surface area contributed by atoms with E-state index >= 15 is 0 Å². The Bertz CT molecular complexity index is 470. The average Bonchev–Trinajstić information content (AvgIpc) is 2.95. The summed E-state index contributed by atoms with van der Waals surface area (Å²) >= 11 is 3.43. The van der Waals surface area contributed by atoms with Crippen LogP contribution >= 0.6 is 15.9 Å². The third-order valence-corrected chi connectivity index (χ3v) is 3.70. The van der Waals surface area contributed by atoms with E-state index in [9.17, 15) is 9.90 Å². The van der Waals surface area contributed by atoms with Gasteiger partial charge in [-0.05, 0) is 37.0 Å². The van der Waals surface area contributed by atoms with Gasteiger partial charge in [0.15, 0.2) is 0 Å². The molecule has 0 radical (unpaired) electrons. The third-order valence-electron chi connectivity index (χ3n) is 2.96. The maximum Gasteiger partial charge on any atom is 0.221 e. The van der Waals surface area contributed by atoms with Crippen molar-refractivity contribution < 1.29 is 9.90 Å². The zero-order chi connectivity index (χ0) is 12.6. The lowest BCUT2D eigenvalue weighted by molar-refractivity contribution is -0.114. The van der Waals surface area contributed by atoms with Crippen molar-refractivity contribution in [3.63, 3.8) is 0 Å². The van der Waals surface area contributed by atoms with Crippen molar-refractivity contribution in [3.8, 4) is 5.75 Å². The van der Waals surface area contributed by atoms with Crippen LogP contribution in [0.1, 0.15) is 25.3 Å². The van der Waals surface area contributed by atoms with Gasteiger partial charge in [-0.15, -0.1) is 0 Å². The van der Waals surface area contributed by atoms with Crippen LogP contribution in [0.4, 0.5) is 5.69 Å². The molecular weight excluding hydrogens is 284 g/mol. The van der Waals surface area contributed by atoms with E-state index in [0.717, 1.165) is 22.9 Å². The predicted octanol–water partition coefficient (Wildman–Crippen LogP) is 2.15.